The number of hydrogen-bond acceptors (Lipinski definition) is 3. The summed E-state index contributed by atoms with van der Waals surface area (Å²) in [5.41, 5.74) is 10.2. The number of fused-ring (bicyclic) bond motifs is 8. The van der Waals surface area contributed by atoms with Gasteiger partial charge in [0.15, 0.2) is 0 Å². The van der Waals surface area contributed by atoms with E-state index in [1.54, 1.807) is 0 Å². The third-order valence-electron chi connectivity index (χ3n) is 10.6. The summed E-state index contributed by atoms with van der Waals surface area (Å²) in [6, 6.07) is 65.1. The normalized spacial score (nSPS) is 14.9. The summed E-state index contributed by atoms with van der Waals surface area (Å²) in [5, 5.41) is 10.2. The molecule has 11 rings (SSSR count). The Labute approximate surface area is 328 Å². The van der Waals surface area contributed by atoms with E-state index in [2.05, 4.69) is 168 Å². The van der Waals surface area contributed by atoms with Crippen LogP contribution in [-0.2, 0) is 0 Å². The third-order valence-corrected chi connectivity index (χ3v) is 13.2. The molecule has 0 fully saturated rings. The average Bonchev–Trinajstić information content (AvgIpc) is 3.62. The van der Waals surface area contributed by atoms with Crippen LogP contribution in [0.5, 0.6) is 0 Å². The lowest BCUT2D eigenvalue weighted by Gasteiger charge is -2.33. The van der Waals surface area contributed by atoms with E-state index < -0.39 is 0 Å². The van der Waals surface area contributed by atoms with E-state index in [0.717, 1.165) is 45.0 Å². The summed E-state index contributed by atoms with van der Waals surface area (Å²) in [5.74, 6) is 0.752. The maximum absolute atomic E-state index is 5.18. The zero-order valence-electron chi connectivity index (χ0n) is 29.6. The van der Waals surface area contributed by atoms with Crippen molar-refractivity contribution in [2.75, 3.05) is 0 Å². The molecule has 5 heteroatoms. The highest BCUT2D eigenvalue weighted by Crippen LogP contribution is 2.53. The molecule has 0 bridgehead atoms. The Kier molecular flexibility index (Phi) is 7.75. The minimum atomic E-state index is -0.167. The van der Waals surface area contributed by atoms with Gasteiger partial charge in [0.05, 0.1) is 15.9 Å². The second-order valence-corrected chi connectivity index (χ2v) is 16.1. The van der Waals surface area contributed by atoms with Crippen molar-refractivity contribution >= 4 is 67.6 Å². The van der Waals surface area contributed by atoms with Crippen LogP contribution in [0.25, 0.3) is 60.4 Å². The smallest absolute Gasteiger partial charge is 0.0692 e. The largest absolute Gasteiger partial charge is 0.454 e. The van der Waals surface area contributed by atoms with Crippen LogP contribution < -0.4 is 0 Å². The van der Waals surface area contributed by atoms with Crippen LogP contribution in [0.4, 0.5) is 0 Å². The van der Waals surface area contributed by atoms with E-state index >= 15 is 0 Å². The van der Waals surface area contributed by atoms with Crippen molar-refractivity contribution in [2.24, 2.45) is 4.99 Å². The Morgan fingerprint density at radius 2 is 1.15 bits per heavy atom. The molecule has 1 aromatic heterocycles. The van der Waals surface area contributed by atoms with Crippen molar-refractivity contribution in [1.29, 1.82) is 0 Å². The van der Waals surface area contributed by atoms with E-state index in [1.807, 2.05) is 47.8 Å². The van der Waals surface area contributed by atoms with E-state index in [1.165, 1.54) is 52.2 Å². The summed E-state index contributed by atoms with van der Waals surface area (Å²) < 4.78 is 2.51. The van der Waals surface area contributed by atoms with E-state index in [0.29, 0.717) is 0 Å². The number of hydrogen-bond donors (Lipinski definition) is 0. The quantitative estimate of drug-likeness (QED) is 0.176. The summed E-state index contributed by atoms with van der Waals surface area (Å²) in [4.78, 5) is 10.3. The van der Waals surface area contributed by atoms with Gasteiger partial charge < -0.3 is 14.9 Å². The van der Waals surface area contributed by atoms with Gasteiger partial charge in [-0.1, -0.05) is 187 Å². The van der Waals surface area contributed by atoms with Crippen LogP contribution in [0.15, 0.2) is 213 Å². The molecule has 0 saturated carbocycles. The molecule has 2 aliphatic heterocycles. The Balaban J connectivity index is 1.02. The SMILES string of the molecule is C1=C(c2ccccc2)N=C(c2ccccc2)[N-]C1c1cccc(-c2ccc(-n3c4c5c(ccc4c4ccc6ccccc6c43)Sc3ccccc3S5)cc2)c1. The summed E-state index contributed by atoms with van der Waals surface area (Å²) in [6.07, 6.45) is 2.19. The molecule has 0 N–H and O–H groups in total. The van der Waals surface area contributed by atoms with E-state index in [9.17, 15) is 0 Å². The second-order valence-electron chi connectivity index (χ2n) is 13.9. The molecule has 0 spiro atoms. The Morgan fingerprint density at radius 1 is 0.473 bits per heavy atom. The fourth-order valence-corrected chi connectivity index (χ4v) is 10.4. The molecule has 1 atom stereocenters. The Bertz CT molecular complexity index is 3000. The van der Waals surface area contributed by atoms with Crippen molar-refractivity contribution in [3.05, 3.63) is 210 Å². The molecule has 260 valence electrons. The predicted molar refractivity (Wildman–Crippen MR) is 232 cm³/mol. The van der Waals surface area contributed by atoms with Gasteiger partial charge in [-0.25, -0.2) is 0 Å². The van der Waals surface area contributed by atoms with E-state index in [4.69, 9.17) is 10.3 Å². The molecule has 0 saturated heterocycles. The van der Waals surface area contributed by atoms with Crippen LogP contribution in [0.3, 0.4) is 0 Å². The standard InChI is InChI=1S/C50H32N3S2/c1-3-13-34(14-4-1)42-31-43(52-50(51-42)35-15-5-2-6-16-35)37-18-11-17-36(30-37)32-22-25-38(26-23-32)53-47-39-19-8-7-12-33(39)24-27-40(47)41-28-29-46-49(48(41)53)55-45-21-10-9-20-44(45)54-46/h1-31,43H/q-1. The van der Waals surface area contributed by atoms with Gasteiger partial charge in [-0.2, -0.15) is 0 Å². The summed E-state index contributed by atoms with van der Waals surface area (Å²) in [6.45, 7) is 0. The van der Waals surface area contributed by atoms with E-state index in [-0.39, 0.29) is 6.04 Å². The molecule has 2 aliphatic rings. The maximum atomic E-state index is 5.18. The lowest BCUT2D eigenvalue weighted by molar-refractivity contribution is 1.04. The summed E-state index contributed by atoms with van der Waals surface area (Å²) in [7, 11) is 0. The second kappa shape index (κ2) is 13.2. The number of rotatable bonds is 5. The molecule has 3 heterocycles. The van der Waals surface area contributed by atoms with Gasteiger partial charge in [0.25, 0.3) is 0 Å². The number of nitrogens with zero attached hydrogens (tertiary/aromatic N) is 3. The first-order valence-electron chi connectivity index (χ1n) is 18.5. The predicted octanol–water partition coefficient (Wildman–Crippen LogP) is 14.1. The fraction of sp³-hybridized carbons (Fsp3) is 0.0200. The molecule has 1 unspecified atom stereocenters. The monoisotopic (exact) mass is 738 g/mol. The lowest BCUT2D eigenvalue weighted by Crippen LogP contribution is -2.10. The minimum absolute atomic E-state index is 0.167. The first-order chi connectivity index (χ1) is 27.2. The Hall–Kier alpha value is -6.27. The molecular formula is C50H32N3S2-. The van der Waals surface area contributed by atoms with Crippen molar-refractivity contribution in [3.8, 4) is 16.8 Å². The van der Waals surface area contributed by atoms with Crippen molar-refractivity contribution in [3.63, 3.8) is 0 Å². The molecule has 0 radical (unpaired) electrons. The highest BCUT2D eigenvalue weighted by atomic mass is 32.2. The molecule has 55 heavy (non-hydrogen) atoms. The fourth-order valence-electron chi connectivity index (χ4n) is 7.97. The molecule has 9 aromatic rings. The maximum Gasteiger partial charge on any atom is 0.0692 e. The topological polar surface area (TPSA) is 31.4 Å². The van der Waals surface area contributed by atoms with Crippen molar-refractivity contribution in [2.45, 2.75) is 25.6 Å². The van der Waals surface area contributed by atoms with Gasteiger partial charge in [-0.05, 0) is 69.2 Å². The third kappa shape index (κ3) is 5.58. The number of amidine groups is 1. The van der Waals surface area contributed by atoms with Gasteiger partial charge in [0.1, 0.15) is 0 Å². The molecule has 3 nitrogen and oxygen atoms in total. The van der Waals surface area contributed by atoms with Crippen molar-refractivity contribution in [1.82, 2.24) is 4.57 Å². The van der Waals surface area contributed by atoms with Crippen LogP contribution >= 0.6 is 23.5 Å². The van der Waals surface area contributed by atoms with Crippen LogP contribution in [0, 0.1) is 0 Å². The van der Waals surface area contributed by atoms with Gasteiger partial charge >= 0.3 is 0 Å². The van der Waals surface area contributed by atoms with Gasteiger partial charge in [0.2, 0.25) is 0 Å². The molecular weight excluding hydrogens is 707 g/mol. The number of aliphatic imine (C=N–C) groups is 1. The van der Waals surface area contributed by atoms with Crippen LogP contribution in [0.2, 0.25) is 0 Å². The Morgan fingerprint density at radius 3 is 1.96 bits per heavy atom. The van der Waals surface area contributed by atoms with Crippen LogP contribution in [-0.4, -0.2) is 10.4 Å². The molecule has 0 amide bonds. The number of aromatic nitrogens is 1. The highest BCUT2D eigenvalue weighted by Gasteiger charge is 2.25. The lowest BCUT2D eigenvalue weighted by atomic mass is 9.96. The first kappa shape index (κ1) is 32.2. The minimum Gasteiger partial charge on any atom is -0.454 e. The zero-order chi connectivity index (χ0) is 36.3. The van der Waals surface area contributed by atoms with Crippen molar-refractivity contribution < 1.29 is 0 Å². The first-order valence-corrected chi connectivity index (χ1v) is 20.2. The van der Waals surface area contributed by atoms with Crippen LogP contribution in [0.1, 0.15) is 22.7 Å². The molecule has 0 aliphatic carbocycles. The average molecular weight is 739 g/mol. The zero-order valence-corrected chi connectivity index (χ0v) is 31.3. The number of benzene rings is 8. The van der Waals surface area contributed by atoms with Gasteiger partial charge in [-0.3, -0.25) is 0 Å². The molecule has 8 aromatic carbocycles. The summed E-state index contributed by atoms with van der Waals surface area (Å²) >= 11 is 3.76. The van der Waals surface area contributed by atoms with Gasteiger partial charge in [0, 0.05) is 42.6 Å². The highest BCUT2D eigenvalue weighted by molar-refractivity contribution is 8.05. The van der Waals surface area contributed by atoms with Gasteiger partial charge in [-0.15, -0.1) is 0 Å².